The minimum Gasteiger partial charge on any atom is -0.497 e. The zero-order valence-electron chi connectivity index (χ0n) is 9.91. The molecule has 2 rings (SSSR count). The van der Waals surface area contributed by atoms with E-state index in [9.17, 15) is 9.59 Å². The Kier molecular flexibility index (Phi) is 3.46. The second kappa shape index (κ2) is 5.21. The molecule has 0 saturated heterocycles. The maximum Gasteiger partial charge on any atom is 0.339 e. The van der Waals surface area contributed by atoms with Crippen LogP contribution in [-0.2, 0) is 0 Å². The zero-order valence-corrected chi connectivity index (χ0v) is 9.91. The summed E-state index contributed by atoms with van der Waals surface area (Å²) in [5, 5.41) is 9.05. The summed E-state index contributed by atoms with van der Waals surface area (Å²) in [5.74, 6) is -0.670. The van der Waals surface area contributed by atoms with Crippen molar-refractivity contribution in [2.75, 3.05) is 7.11 Å². The van der Waals surface area contributed by atoms with Gasteiger partial charge in [0, 0.05) is 6.07 Å². The van der Waals surface area contributed by atoms with Crippen LogP contribution in [0.4, 0.5) is 0 Å². The summed E-state index contributed by atoms with van der Waals surface area (Å²) in [6, 6.07) is 5.38. The summed E-state index contributed by atoms with van der Waals surface area (Å²) < 4.78 is 10.3. The van der Waals surface area contributed by atoms with E-state index in [0.717, 1.165) is 12.4 Å². The van der Waals surface area contributed by atoms with Gasteiger partial charge in [-0.15, -0.1) is 0 Å². The van der Waals surface area contributed by atoms with Crippen LogP contribution in [0, 0.1) is 0 Å². The summed E-state index contributed by atoms with van der Waals surface area (Å²) in [6.45, 7) is 0. The number of ether oxygens (including phenoxy) is 2. The fourth-order valence-electron chi connectivity index (χ4n) is 1.41. The SMILES string of the molecule is COc1ccc(C(=O)O)c(Oc2cc(=O)[nH]cn2)c1. The summed E-state index contributed by atoms with van der Waals surface area (Å²) in [7, 11) is 1.45. The second-order valence-corrected chi connectivity index (χ2v) is 3.52. The molecule has 98 valence electrons. The molecule has 0 aliphatic carbocycles. The van der Waals surface area contributed by atoms with Crippen LogP contribution in [0.3, 0.4) is 0 Å². The van der Waals surface area contributed by atoms with Gasteiger partial charge in [-0.2, -0.15) is 0 Å². The van der Waals surface area contributed by atoms with Crippen molar-refractivity contribution in [3.05, 3.63) is 46.5 Å². The van der Waals surface area contributed by atoms with Crippen molar-refractivity contribution in [2.24, 2.45) is 0 Å². The Morgan fingerprint density at radius 3 is 2.79 bits per heavy atom. The number of aromatic amines is 1. The number of hydrogen-bond acceptors (Lipinski definition) is 5. The number of benzene rings is 1. The third kappa shape index (κ3) is 2.89. The third-order valence-electron chi connectivity index (χ3n) is 2.29. The number of nitrogens with one attached hydrogen (secondary N) is 1. The molecule has 0 unspecified atom stereocenters. The summed E-state index contributed by atoms with van der Waals surface area (Å²) in [5.41, 5.74) is -0.451. The number of aromatic nitrogens is 2. The number of carboxylic acid groups (broad SMARTS) is 1. The Balaban J connectivity index is 2.42. The largest absolute Gasteiger partial charge is 0.497 e. The van der Waals surface area contributed by atoms with Crippen molar-refractivity contribution in [2.45, 2.75) is 0 Å². The highest BCUT2D eigenvalue weighted by molar-refractivity contribution is 5.91. The van der Waals surface area contributed by atoms with E-state index in [1.54, 1.807) is 0 Å². The van der Waals surface area contributed by atoms with E-state index in [0.29, 0.717) is 5.75 Å². The molecular weight excluding hydrogens is 252 g/mol. The number of aromatic carboxylic acids is 1. The zero-order chi connectivity index (χ0) is 13.8. The third-order valence-corrected chi connectivity index (χ3v) is 2.29. The first-order chi connectivity index (χ1) is 9.10. The fraction of sp³-hybridized carbons (Fsp3) is 0.0833. The number of carboxylic acids is 1. The van der Waals surface area contributed by atoms with Crippen LogP contribution in [0.1, 0.15) is 10.4 Å². The van der Waals surface area contributed by atoms with Gasteiger partial charge < -0.3 is 19.6 Å². The van der Waals surface area contributed by atoms with Crippen molar-refractivity contribution in [3.8, 4) is 17.4 Å². The molecule has 1 aromatic carbocycles. The standard InChI is InChI=1S/C12H10N2O5/c1-18-7-2-3-8(12(16)17)9(4-7)19-11-5-10(15)13-6-14-11/h2-6H,1H3,(H,16,17)(H,13,14,15). The van der Waals surface area contributed by atoms with Crippen molar-refractivity contribution in [1.82, 2.24) is 9.97 Å². The van der Waals surface area contributed by atoms with E-state index in [2.05, 4.69) is 9.97 Å². The normalized spacial score (nSPS) is 9.95. The van der Waals surface area contributed by atoms with Crippen molar-refractivity contribution >= 4 is 5.97 Å². The Morgan fingerprint density at radius 2 is 2.16 bits per heavy atom. The number of nitrogens with zero attached hydrogens (tertiary/aromatic N) is 1. The van der Waals surface area contributed by atoms with Crippen LogP contribution in [0.2, 0.25) is 0 Å². The van der Waals surface area contributed by atoms with Crippen LogP contribution < -0.4 is 15.0 Å². The van der Waals surface area contributed by atoms with Gasteiger partial charge in [0.1, 0.15) is 17.1 Å². The average molecular weight is 262 g/mol. The number of carbonyl (C=O) groups is 1. The first-order valence-corrected chi connectivity index (χ1v) is 5.24. The summed E-state index contributed by atoms with van der Waals surface area (Å²) in [6.07, 6.45) is 1.16. The molecule has 2 aromatic rings. The molecule has 0 aliphatic rings. The maximum absolute atomic E-state index is 11.1. The van der Waals surface area contributed by atoms with E-state index in [4.69, 9.17) is 14.6 Å². The molecule has 1 aromatic heterocycles. The molecule has 1 heterocycles. The van der Waals surface area contributed by atoms with Gasteiger partial charge in [0.05, 0.1) is 19.5 Å². The molecule has 0 bridgehead atoms. The minimum absolute atomic E-state index is 0.000460. The fourth-order valence-corrected chi connectivity index (χ4v) is 1.41. The highest BCUT2D eigenvalue weighted by Gasteiger charge is 2.14. The Morgan fingerprint density at radius 1 is 1.37 bits per heavy atom. The number of H-pyrrole nitrogens is 1. The lowest BCUT2D eigenvalue weighted by atomic mass is 10.2. The van der Waals surface area contributed by atoms with Gasteiger partial charge in [0.15, 0.2) is 0 Å². The number of methoxy groups -OCH3 is 1. The summed E-state index contributed by atoms with van der Waals surface area (Å²) in [4.78, 5) is 28.3. The maximum atomic E-state index is 11.1. The predicted octanol–water partition coefficient (Wildman–Crippen LogP) is 1.27. The lowest BCUT2D eigenvalue weighted by Crippen LogP contribution is -2.06. The topological polar surface area (TPSA) is 102 Å². The molecule has 2 N–H and O–H groups in total. The number of rotatable bonds is 4. The first kappa shape index (κ1) is 12.6. The van der Waals surface area contributed by atoms with Gasteiger partial charge >= 0.3 is 5.97 Å². The van der Waals surface area contributed by atoms with Crippen LogP contribution in [-0.4, -0.2) is 28.2 Å². The minimum atomic E-state index is -1.15. The van der Waals surface area contributed by atoms with Gasteiger partial charge in [-0.25, -0.2) is 9.78 Å². The molecule has 7 heteroatoms. The molecular formula is C12H10N2O5. The first-order valence-electron chi connectivity index (χ1n) is 5.24. The lowest BCUT2D eigenvalue weighted by Gasteiger charge is -2.09. The second-order valence-electron chi connectivity index (χ2n) is 3.52. The van der Waals surface area contributed by atoms with Crippen LogP contribution in [0.25, 0.3) is 0 Å². The molecule has 19 heavy (non-hydrogen) atoms. The lowest BCUT2D eigenvalue weighted by molar-refractivity contribution is 0.0694. The van der Waals surface area contributed by atoms with Crippen LogP contribution >= 0.6 is 0 Å². The quantitative estimate of drug-likeness (QED) is 0.860. The molecule has 0 spiro atoms. The number of hydrogen-bond donors (Lipinski definition) is 2. The Bertz CT molecular complexity index is 665. The van der Waals surface area contributed by atoms with Gasteiger partial charge in [-0.05, 0) is 12.1 Å². The smallest absolute Gasteiger partial charge is 0.339 e. The molecule has 0 radical (unpaired) electrons. The molecule has 0 fully saturated rings. The highest BCUT2D eigenvalue weighted by Crippen LogP contribution is 2.28. The van der Waals surface area contributed by atoms with E-state index >= 15 is 0 Å². The Labute approximate surface area is 107 Å². The molecule has 0 atom stereocenters. The van der Waals surface area contributed by atoms with Crippen LogP contribution in [0.5, 0.6) is 17.4 Å². The molecule has 0 saturated carbocycles. The molecule has 7 nitrogen and oxygen atoms in total. The van der Waals surface area contributed by atoms with E-state index in [-0.39, 0.29) is 17.2 Å². The van der Waals surface area contributed by atoms with Gasteiger partial charge in [-0.1, -0.05) is 0 Å². The monoisotopic (exact) mass is 262 g/mol. The van der Waals surface area contributed by atoms with E-state index in [1.165, 1.54) is 25.3 Å². The van der Waals surface area contributed by atoms with Gasteiger partial charge in [0.25, 0.3) is 5.56 Å². The highest BCUT2D eigenvalue weighted by atomic mass is 16.5. The van der Waals surface area contributed by atoms with Crippen LogP contribution in [0.15, 0.2) is 35.4 Å². The molecule has 0 aliphatic heterocycles. The van der Waals surface area contributed by atoms with E-state index < -0.39 is 11.5 Å². The van der Waals surface area contributed by atoms with Gasteiger partial charge in [0.2, 0.25) is 5.88 Å². The van der Waals surface area contributed by atoms with Crippen molar-refractivity contribution in [3.63, 3.8) is 0 Å². The summed E-state index contributed by atoms with van der Waals surface area (Å²) >= 11 is 0. The van der Waals surface area contributed by atoms with Gasteiger partial charge in [-0.3, -0.25) is 4.79 Å². The molecule has 0 amide bonds. The van der Waals surface area contributed by atoms with Crippen molar-refractivity contribution < 1.29 is 19.4 Å². The predicted molar refractivity (Wildman–Crippen MR) is 64.9 cm³/mol. The van der Waals surface area contributed by atoms with Crippen molar-refractivity contribution in [1.29, 1.82) is 0 Å². The average Bonchev–Trinajstić information content (AvgIpc) is 2.38. The van der Waals surface area contributed by atoms with E-state index in [1.807, 2.05) is 0 Å². The Hall–Kier alpha value is -2.83.